The van der Waals surface area contributed by atoms with Crippen molar-refractivity contribution in [2.24, 2.45) is 46.3 Å². The monoisotopic (exact) mass is 362 g/mol. The molecular weight excluding hydrogens is 320 g/mol. The molecule has 9 atom stereocenters. The van der Waals surface area contributed by atoms with E-state index in [0.717, 1.165) is 42.4 Å². The highest BCUT2D eigenvalue weighted by Crippen LogP contribution is 2.68. The number of hydrogen-bond donors (Lipinski definition) is 2. The third-order valence-corrected chi connectivity index (χ3v) is 10.3. The molecule has 1 unspecified atom stereocenters. The van der Waals surface area contributed by atoms with Crippen LogP contribution in [0.4, 0.5) is 0 Å². The van der Waals surface area contributed by atoms with Crippen LogP contribution < -0.4 is 0 Å². The summed E-state index contributed by atoms with van der Waals surface area (Å²) in [7, 11) is 0. The van der Waals surface area contributed by atoms with E-state index < -0.39 is 5.60 Å². The molecule has 0 aliphatic heterocycles. The third kappa shape index (κ3) is 2.81. The van der Waals surface area contributed by atoms with Crippen LogP contribution in [-0.4, -0.2) is 22.4 Å². The van der Waals surface area contributed by atoms with Crippen LogP contribution in [0.2, 0.25) is 0 Å². The molecule has 0 aromatic heterocycles. The summed E-state index contributed by atoms with van der Waals surface area (Å²) in [4.78, 5) is 0. The van der Waals surface area contributed by atoms with Crippen LogP contribution in [0, 0.1) is 46.3 Å². The van der Waals surface area contributed by atoms with Gasteiger partial charge in [-0.1, -0.05) is 20.8 Å². The van der Waals surface area contributed by atoms with Gasteiger partial charge >= 0.3 is 0 Å². The molecule has 0 aromatic rings. The average molecular weight is 363 g/mol. The Labute approximate surface area is 161 Å². The van der Waals surface area contributed by atoms with Crippen molar-refractivity contribution in [2.45, 2.75) is 97.5 Å². The van der Waals surface area contributed by atoms with E-state index in [1.165, 1.54) is 51.4 Å². The number of fused-ring (bicyclic) bond motifs is 5. The van der Waals surface area contributed by atoms with Crippen molar-refractivity contribution in [3.05, 3.63) is 0 Å². The van der Waals surface area contributed by atoms with E-state index in [-0.39, 0.29) is 0 Å². The highest BCUT2D eigenvalue weighted by Gasteiger charge is 2.60. The molecule has 0 spiro atoms. The van der Waals surface area contributed by atoms with Gasteiger partial charge in [-0.3, -0.25) is 0 Å². The molecule has 2 nitrogen and oxygen atoms in total. The average Bonchev–Trinajstić information content (AvgIpc) is 2.90. The molecule has 150 valence electrons. The summed E-state index contributed by atoms with van der Waals surface area (Å²) in [5, 5.41) is 20.5. The molecule has 0 heterocycles. The summed E-state index contributed by atoms with van der Waals surface area (Å²) in [5.74, 6) is 4.66. The number of rotatable bonds is 2. The third-order valence-electron chi connectivity index (χ3n) is 10.3. The maximum Gasteiger partial charge on any atom is 0.0620 e. The zero-order chi connectivity index (χ0) is 18.7. The summed E-state index contributed by atoms with van der Waals surface area (Å²) < 4.78 is 0. The smallest absolute Gasteiger partial charge is 0.0620 e. The molecule has 0 radical (unpaired) electrons. The maximum atomic E-state index is 10.7. The van der Waals surface area contributed by atoms with Crippen molar-refractivity contribution in [3.63, 3.8) is 0 Å². The maximum absolute atomic E-state index is 10.7. The predicted octanol–water partition coefficient (Wildman–Crippen LogP) is 5.41. The Morgan fingerprint density at radius 2 is 1.54 bits per heavy atom. The van der Waals surface area contributed by atoms with Gasteiger partial charge in [-0.25, -0.2) is 0 Å². The minimum atomic E-state index is -0.436. The van der Waals surface area contributed by atoms with E-state index in [1.807, 2.05) is 0 Å². The van der Waals surface area contributed by atoms with Crippen LogP contribution in [0.15, 0.2) is 0 Å². The number of aliphatic hydroxyl groups is 2. The lowest BCUT2D eigenvalue weighted by Crippen LogP contribution is -2.52. The lowest BCUT2D eigenvalue weighted by atomic mass is 9.46. The van der Waals surface area contributed by atoms with E-state index in [9.17, 15) is 10.2 Å². The number of aliphatic hydroxyl groups excluding tert-OH is 1. The lowest BCUT2D eigenvalue weighted by molar-refractivity contribution is -0.105. The molecule has 26 heavy (non-hydrogen) atoms. The van der Waals surface area contributed by atoms with Crippen molar-refractivity contribution in [2.75, 3.05) is 6.61 Å². The molecular formula is C24H42O2. The molecule has 4 fully saturated rings. The second kappa shape index (κ2) is 6.48. The van der Waals surface area contributed by atoms with Crippen molar-refractivity contribution < 1.29 is 10.2 Å². The van der Waals surface area contributed by atoms with E-state index in [1.54, 1.807) is 0 Å². The normalized spacial score (nSPS) is 55.4. The highest BCUT2D eigenvalue weighted by molar-refractivity contribution is 5.09. The lowest BCUT2D eigenvalue weighted by Gasteiger charge is -2.59. The molecule has 4 aliphatic rings. The molecule has 4 aliphatic carbocycles. The quantitative estimate of drug-likeness (QED) is 0.689. The Kier molecular flexibility index (Phi) is 4.79. The zero-order valence-corrected chi connectivity index (χ0v) is 17.6. The van der Waals surface area contributed by atoms with Gasteiger partial charge in [0.15, 0.2) is 0 Å². The molecule has 4 saturated carbocycles. The van der Waals surface area contributed by atoms with E-state index in [2.05, 4.69) is 27.7 Å². The first-order valence-corrected chi connectivity index (χ1v) is 11.5. The van der Waals surface area contributed by atoms with E-state index in [0.29, 0.717) is 23.4 Å². The fourth-order valence-electron chi connectivity index (χ4n) is 8.65. The molecule has 0 bridgehead atoms. The Morgan fingerprint density at radius 1 is 0.808 bits per heavy atom. The summed E-state index contributed by atoms with van der Waals surface area (Å²) in [5.41, 5.74) is 0.474. The predicted molar refractivity (Wildman–Crippen MR) is 107 cm³/mol. The van der Waals surface area contributed by atoms with Crippen LogP contribution in [0.1, 0.15) is 91.9 Å². The van der Waals surface area contributed by atoms with Gasteiger partial charge in [0, 0.05) is 6.61 Å². The molecule has 2 heteroatoms. The van der Waals surface area contributed by atoms with Crippen LogP contribution in [0.3, 0.4) is 0 Å². The van der Waals surface area contributed by atoms with Gasteiger partial charge in [-0.05, 0) is 117 Å². The van der Waals surface area contributed by atoms with Gasteiger partial charge in [-0.2, -0.15) is 0 Å². The zero-order valence-electron chi connectivity index (χ0n) is 17.6. The topological polar surface area (TPSA) is 40.5 Å². The fraction of sp³-hybridized carbons (Fsp3) is 1.00. The van der Waals surface area contributed by atoms with Crippen LogP contribution >= 0.6 is 0 Å². The molecule has 0 saturated heterocycles. The van der Waals surface area contributed by atoms with Gasteiger partial charge in [0.05, 0.1) is 5.60 Å². The van der Waals surface area contributed by atoms with Gasteiger partial charge in [0.1, 0.15) is 0 Å². The second-order valence-corrected chi connectivity index (χ2v) is 11.6. The second-order valence-electron chi connectivity index (χ2n) is 11.6. The highest BCUT2D eigenvalue weighted by atomic mass is 16.3. The Bertz CT molecular complexity index is 528. The largest absolute Gasteiger partial charge is 0.396 e. The Morgan fingerprint density at radius 3 is 2.27 bits per heavy atom. The fourth-order valence-corrected chi connectivity index (χ4v) is 8.65. The minimum Gasteiger partial charge on any atom is -0.396 e. The van der Waals surface area contributed by atoms with Crippen molar-refractivity contribution in [1.29, 1.82) is 0 Å². The van der Waals surface area contributed by atoms with Gasteiger partial charge in [-0.15, -0.1) is 0 Å². The van der Waals surface area contributed by atoms with Crippen LogP contribution in [0.5, 0.6) is 0 Å². The summed E-state index contributed by atoms with van der Waals surface area (Å²) in [6.45, 7) is 9.87. The molecule has 4 rings (SSSR count). The van der Waals surface area contributed by atoms with Gasteiger partial charge in [0.25, 0.3) is 0 Å². The Balaban J connectivity index is 1.59. The Hall–Kier alpha value is -0.0800. The van der Waals surface area contributed by atoms with E-state index in [4.69, 9.17) is 0 Å². The first-order valence-electron chi connectivity index (χ1n) is 11.5. The molecule has 0 amide bonds. The summed E-state index contributed by atoms with van der Waals surface area (Å²) >= 11 is 0. The van der Waals surface area contributed by atoms with Crippen LogP contribution in [0.25, 0.3) is 0 Å². The standard InChI is InChI=1S/C24H42O2/c1-16(15-25)19-7-8-20-18-6-5-17-9-11-22(2,26)13-14-23(17,3)21(18)10-12-24(19,20)4/h16-21,25-26H,5-15H2,1-4H3/t16?,17-,18-,19+,20-,21-,22+,23-,24+/m0/s1. The summed E-state index contributed by atoms with van der Waals surface area (Å²) in [6, 6.07) is 0. The summed E-state index contributed by atoms with van der Waals surface area (Å²) in [6.07, 6.45) is 12.8. The SMILES string of the molecule is CC(CO)[C@H]1CC[C@H]2[C@@H]3CC[C@H]4CC[C@@](C)(O)CC[C@]4(C)[C@H]3CC[C@]12C. The van der Waals surface area contributed by atoms with Crippen molar-refractivity contribution in [3.8, 4) is 0 Å². The van der Waals surface area contributed by atoms with Crippen LogP contribution in [-0.2, 0) is 0 Å². The van der Waals surface area contributed by atoms with Crippen molar-refractivity contribution >= 4 is 0 Å². The molecule has 2 N–H and O–H groups in total. The van der Waals surface area contributed by atoms with Gasteiger partial charge in [0.2, 0.25) is 0 Å². The first kappa shape index (κ1) is 19.2. The minimum absolute atomic E-state index is 0.357. The van der Waals surface area contributed by atoms with Gasteiger partial charge < -0.3 is 10.2 Å². The first-order chi connectivity index (χ1) is 12.2. The van der Waals surface area contributed by atoms with E-state index >= 15 is 0 Å². The molecule has 0 aromatic carbocycles. The van der Waals surface area contributed by atoms with Crippen molar-refractivity contribution in [1.82, 2.24) is 0 Å². The number of hydrogen-bond acceptors (Lipinski definition) is 2.